The van der Waals surface area contributed by atoms with Crippen LogP contribution in [0.3, 0.4) is 0 Å². The van der Waals surface area contributed by atoms with Crippen LogP contribution in [0.1, 0.15) is 88.4 Å². The lowest BCUT2D eigenvalue weighted by molar-refractivity contribution is 0.0602. The van der Waals surface area contributed by atoms with Crippen LogP contribution in [0.2, 0.25) is 0 Å². The molecule has 2 N–H and O–H groups in total. The summed E-state index contributed by atoms with van der Waals surface area (Å²) in [6.07, 6.45) is 3.01. The third-order valence-corrected chi connectivity index (χ3v) is 10.7. The number of nitrogens with zero attached hydrogens (tertiary/aromatic N) is 7. The molecule has 0 atom stereocenters. The highest BCUT2D eigenvalue weighted by Gasteiger charge is 2.41. The summed E-state index contributed by atoms with van der Waals surface area (Å²) in [4.78, 5) is 21.3. The number of tetrazole rings is 1. The van der Waals surface area contributed by atoms with Gasteiger partial charge >= 0.3 is 5.97 Å². The molecule has 0 amide bonds. The molecule has 0 aliphatic carbocycles. The van der Waals surface area contributed by atoms with Crippen LogP contribution in [0.4, 0.5) is 11.4 Å². The van der Waals surface area contributed by atoms with E-state index in [2.05, 4.69) is 88.7 Å². The standard InChI is InChI=1S/C46H45N7O3/c1-4-16-41-47-43(45(2,3)56)42(44(54)55)52(41)30-32-25-28-39-34(29-32)27-26-33-17-14-15-24-38(33)51(39)31-40-48-50-53(49-40)46(35-18-8-5-9-19-35,36-20-10-6-11-21-36)37-22-12-7-13-23-37/h5-15,17-25,28-29,56H,4,16,26-27,30-31H2,1-3H3,(H,54,55). The second kappa shape index (κ2) is 15.0. The van der Waals surface area contributed by atoms with Crippen LogP contribution in [0.25, 0.3) is 0 Å². The number of anilines is 2. The van der Waals surface area contributed by atoms with Crippen molar-refractivity contribution in [2.75, 3.05) is 4.90 Å². The number of para-hydroxylation sites is 1. The summed E-state index contributed by atoms with van der Waals surface area (Å²) in [6, 6.07) is 45.8. The number of hydrogen-bond donors (Lipinski definition) is 2. The highest BCUT2D eigenvalue weighted by atomic mass is 16.4. The first-order valence-electron chi connectivity index (χ1n) is 19.2. The fourth-order valence-corrected chi connectivity index (χ4v) is 8.14. The zero-order chi connectivity index (χ0) is 38.9. The largest absolute Gasteiger partial charge is 0.477 e. The van der Waals surface area contributed by atoms with Gasteiger partial charge in [0.25, 0.3) is 0 Å². The van der Waals surface area contributed by atoms with Gasteiger partial charge in [-0.3, -0.25) is 0 Å². The van der Waals surface area contributed by atoms with Crippen LogP contribution < -0.4 is 4.90 Å². The van der Waals surface area contributed by atoms with Gasteiger partial charge in [0.1, 0.15) is 17.1 Å². The summed E-state index contributed by atoms with van der Waals surface area (Å²) in [7, 11) is 0. The zero-order valence-corrected chi connectivity index (χ0v) is 31.9. The van der Waals surface area contributed by atoms with Crippen LogP contribution in [0.15, 0.2) is 133 Å². The number of aromatic carboxylic acids is 1. The second-order valence-electron chi connectivity index (χ2n) is 14.9. The molecule has 7 aromatic rings. The average molecular weight is 744 g/mol. The van der Waals surface area contributed by atoms with Gasteiger partial charge in [-0.1, -0.05) is 128 Å². The minimum atomic E-state index is -1.40. The van der Waals surface area contributed by atoms with Crippen LogP contribution in [-0.4, -0.2) is 45.9 Å². The van der Waals surface area contributed by atoms with Gasteiger partial charge in [-0.2, -0.15) is 0 Å². The van der Waals surface area contributed by atoms with E-state index in [1.54, 1.807) is 23.2 Å². The molecule has 10 heteroatoms. The van der Waals surface area contributed by atoms with E-state index in [1.807, 2.05) is 61.5 Å². The van der Waals surface area contributed by atoms with Crippen LogP contribution in [-0.2, 0) is 43.5 Å². The predicted octanol–water partition coefficient (Wildman–Crippen LogP) is 8.07. The molecule has 0 unspecified atom stereocenters. The maximum atomic E-state index is 12.6. The Bertz CT molecular complexity index is 2370. The number of aryl methyl sites for hydroxylation is 3. The summed E-state index contributed by atoms with van der Waals surface area (Å²) in [5, 5.41) is 35.9. The molecule has 1 aliphatic rings. The van der Waals surface area contributed by atoms with E-state index in [0.717, 1.165) is 58.5 Å². The van der Waals surface area contributed by atoms with E-state index < -0.39 is 17.1 Å². The predicted molar refractivity (Wildman–Crippen MR) is 216 cm³/mol. The number of rotatable bonds is 12. The molecule has 2 aromatic heterocycles. The fraction of sp³-hybridized carbons (Fsp3) is 0.239. The lowest BCUT2D eigenvalue weighted by Crippen LogP contribution is -2.39. The Balaban J connectivity index is 1.21. The molecule has 0 saturated carbocycles. The number of aromatic nitrogens is 6. The Morgan fingerprint density at radius 1 is 0.732 bits per heavy atom. The average Bonchev–Trinajstić information content (AvgIpc) is 3.79. The van der Waals surface area contributed by atoms with Gasteiger partial charge < -0.3 is 19.7 Å². The number of fused-ring (bicyclic) bond motifs is 2. The number of carbonyl (C=O) groups is 1. The number of benzene rings is 5. The highest BCUT2D eigenvalue weighted by molar-refractivity contribution is 5.87. The Hall–Kier alpha value is -6.39. The van der Waals surface area contributed by atoms with Crippen LogP contribution >= 0.6 is 0 Å². The van der Waals surface area contributed by atoms with Gasteiger partial charge in [-0.15, -0.1) is 15.0 Å². The maximum Gasteiger partial charge on any atom is 0.354 e. The zero-order valence-electron chi connectivity index (χ0n) is 31.9. The molecule has 0 saturated heterocycles. The summed E-state index contributed by atoms with van der Waals surface area (Å²) >= 11 is 0. The van der Waals surface area contributed by atoms with E-state index >= 15 is 0 Å². The van der Waals surface area contributed by atoms with E-state index in [9.17, 15) is 15.0 Å². The van der Waals surface area contributed by atoms with Gasteiger partial charge in [0.15, 0.2) is 17.1 Å². The lowest BCUT2D eigenvalue weighted by atomic mass is 9.77. The Kier molecular flexibility index (Phi) is 9.82. The molecule has 282 valence electrons. The van der Waals surface area contributed by atoms with Crippen molar-refractivity contribution in [3.05, 3.63) is 190 Å². The normalized spacial score (nSPS) is 12.9. The minimum absolute atomic E-state index is 0.0247. The SMILES string of the molecule is CCCc1nc(C(C)(C)O)c(C(=O)O)n1Cc1ccc2c(c1)CCc1ccccc1N2Cc1nnn(C(c2ccccc2)(c2ccccc2)c2ccccc2)n1. The third kappa shape index (κ3) is 6.66. The molecular formula is C46H45N7O3. The summed E-state index contributed by atoms with van der Waals surface area (Å²) in [6.45, 7) is 5.88. The lowest BCUT2D eigenvalue weighted by Gasteiger charge is -2.34. The Morgan fingerprint density at radius 3 is 1.89 bits per heavy atom. The van der Waals surface area contributed by atoms with Crippen LogP contribution in [0, 0.1) is 0 Å². The van der Waals surface area contributed by atoms with E-state index in [1.165, 1.54) is 5.56 Å². The van der Waals surface area contributed by atoms with Gasteiger partial charge in [-0.25, -0.2) is 9.78 Å². The number of imidazole rings is 1. The number of carboxylic acid groups (broad SMARTS) is 1. The van der Waals surface area contributed by atoms with E-state index in [0.29, 0.717) is 31.2 Å². The molecule has 0 bridgehead atoms. The molecule has 1 aliphatic heterocycles. The molecule has 5 aromatic carbocycles. The van der Waals surface area contributed by atoms with Crippen LogP contribution in [0.5, 0.6) is 0 Å². The molecular weight excluding hydrogens is 699 g/mol. The number of carboxylic acids is 1. The molecule has 0 radical (unpaired) electrons. The van der Waals surface area contributed by atoms with Gasteiger partial charge in [0.2, 0.25) is 0 Å². The second-order valence-corrected chi connectivity index (χ2v) is 14.9. The topological polar surface area (TPSA) is 122 Å². The van der Waals surface area contributed by atoms with Crippen molar-refractivity contribution in [1.82, 2.24) is 29.8 Å². The third-order valence-electron chi connectivity index (χ3n) is 10.7. The Labute approximate surface area is 326 Å². The minimum Gasteiger partial charge on any atom is -0.477 e. The van der Waals surface area contributed by atoms with E-state index in [-0.39, 0.29) is 11.4 Å². The van der Waals surface area contributed by atoms with Gasteiger partial charge in [0.05, 0.1) is 6.54 Å². The van der Waals surface area contributed by atoms with Crippen molar-refractivity contribution >= 4 is 17.3 Å². The summed E-state index contributed by atoms with van der Waals surface area (Å²) in [5.74, 6) is 0.110. The van der Waals surface area contributed by atoms with Crippen molar-refractivity contribution in [1.29, 1.82) is 0 Å². The maximum absolute atomic E-state index is 12.6. The molecule has 0 spiro atoms. The first kappa shape index (κ1) is 36.6. The van der Waals surface area contributed by atoms with Gasteiger partial charge in [0, 0.05) is 24.3 Å². The quantitative estimate of drug-likeness (QED) is 0.121. The fourth-order valence-electron chi connectivity index (χ4n) is 8.14. The van der Waals surface area contributed by atoms with Crippen molar-refractivity contribution in [2.24, 2.45) is 0 Å². The molecule has 3 heterocycles. The Morgan fingerprint density at radius 2 is 1.30 bits per heavy atom. The van der Waals surface area contributed by atoms with E-state index in [4.69, 9.17) is 15.4 Å². The van der Waals surface area contributed by atoms with Crippen molar-refractivity contribution in [3.63, 3.8) is 0 Å². The molecule has 10 nitrogen and oxygen atoms in total. The molecule has 8 rings (SSSR count). The summed E-state index contributed by atoms with van der Waals surface area (Å²) < 4.78 is 1.75. The molecule has 0 fully saturated rings. The summed E-state index contributed by atoms with van der Waals surface area (Å²) in [5.41, 5.74) is 6.38. The first-order chi connectivity index (χ1) is 27.2. The number of hydrogen-bond acceptors (Lipinski definition) is 7. The number of aliphatic hydroxyl groups is 1. The van der Waals surface area contributed by atoms with Gasteiger partial charge in [-0.05, 0) is 83.8 Å². The van der Waals surface area contributed by atoms with Crippen molar-refractivity contribution in [2.45, 2.75) is 70.7 Å². The molecule has 56 heavy (non-hydrogen) atoms. The highest BCUT2D eigenvalue weighted by Crippen LogP contribution is 2.41. The smallest absolute Gasteiger partial charge is 0.354 e. The monoisotopic (exact) mass is 743 g/mol. The first-order valence-corrected chi connectivity index (χ1v) is 19.2. The van der Waals surface area contributed by atoms with Crippen molar-refractivity contribution < 1.29 is 15.0 Å². The van der Waals surface area contributed by atoms with Crippen molar-refractivity contribution in [3.8, 4) is 0 Å².